The maximum atomic E-state index is 12.4. The molecule has 1 amide bonds. The fraction of sp³-hybridized carbons (Fsp3) is 0.786. The second kappa shape index (κ2) is 7.13. The van der Waals surface area contributed by atoms with Gasteiger partial charge in [-0.05, 0) is 32.1 Å². The molecule has 0 aromatic heterocycles. The van der Waals surface area contributed by atoms with E-state index in [-0.39, 0.29) is 17.8 Å². The molecule has 106 valence electrons. The molecule has 2 unspecified atom stereocenters. The molecule has 1 fully saturated rings. The molecule has 1 heterocycles. The summed E-state index contributed by atoms with van der Waals surface area (Å²) < 4.78 is 5.02. The monoisotopic (exact) mass is 266 g/mol. The van der Waals surface area contributed by atoms with Crippen LogP contribution in [-0.4, -0.2) is 36.0 Å². The lowest BCUT2D eigenvalue weighted by atomic mass is 9.93. The summed E-state index contributed by atoms with van der Waals surface area (Å²) in [6.07, 6.45) is 2.41. The molecule has 0 aliphatic carbocycles. The van der Waals surface area contributed by atoms with Gasteiger partial charge in [0.05, 0.1) is 12.7 Å². The van der Waals surface area contributed by atoms with E-state index in [4.69, 9.17) is 10.00 Å². The van der Waals surface area contributed by atoms with Crippen LogP contribution in [0.5, 0.6) is 0 Å². The second-order valence-corrected chi connectivity index (χ2v) is 5.15. The normalized spacial score (nSPS) is 20.8. The molecule has 0 saturated carbocycles. The van der Waals surface area contributed by atoms with E-state index in [0.717, 1.165) is 12.8 Å². The van der Waals surface area contributed by atoms with Gasteiger partial charge in [-0.1, -0.05) is 13.8 Å². The molecule has 1 aliphatic rings. The van der Waals surface area contributed by atoms with Crippen LogP contribution in [0.2, 0.25) is 0 Å². The third kappa shape index (κ3) is 3.69. The van der Waals surface area contributed by atoms with Gasteiger partial charge in [-0.2, -0.15) is 5.26 Å². The number of nitriles is 1. The predicted octanol–water partition coefficient (Wildman–Crippen LogP) is 1.73. The third-order valence-electron chi connectivity index (χ3n) is 3.42. The standard InChI is InChI=1S/C14H22N2O3/c1-4-19-14(18)12-7-5-6-8-16(12)13(17)11(9-15)10(2)3/h10-12H,4-8H2,1-3H3. The summed E-state index contributed by atoms with van der Waals surface area (Å²) in [5.41, 5.74) is 0. The van der Waals surface area contributed by atoms with Crippen LogP contribution in [-0.2, 0) is 14.3 Å². The van der Waals surface area contributed by atoms with Crippen molar-refractivity contribution < 1.29 is 14.3 Å². The van der Waals surface area contributed by atoms with E-state index in [0.29, 0.717) is 19.6 Å². The Morgan fingerprint density at radius 3 is 2.63 bits per heavy atom. The highest BCUT2D eigenvalue weighted by Gasteiger charge is 2.37. The first-order chi connectivity index (χ1) is 9.02. The molecule has 0 aromatic rings. The fourth-order valence-electron chi connectivity index (χ4n) is 2.35. The Morgan fingerprint density at radius 1 is 1.42 bits per heavy atom. The van der Waals surface area contributed by atoms with Crippen LogP contribution >= 0.6 is 0 Å². The average molecular weight is 266 g/mol. The van der Waals surface area contributed by atoms with Gasteiger partial charge in [0.2, 0.25) is 5.91 Å². The van der Waals surface area contributed by atoms with Gasteiger partial charge in [-0.25, -0.2) is 4.79 Å². The van der Waals surface area contributed by atoms with Crippen molar-refractivity contribution in [3.05, 3.63) is 0 Å². The van der Waals surface area contributed by atoms with E-state index >= 15 is 0 Å². The minimum Gasteiger partial charge on any atom is -0.464 e. The second-order valence-electron chi connectivity index (χ2n) is 5.15. The van der Waals surface area contributed by atoms with Gasteiger partial charge in [-0.15, -0.1) is 0 Å². The van der Waals surface area contributed by atoms with E-state index in [1.165, 1.54) is 4.90 Å². The number of nitrogens with zero attached hydrogens (tertiary/aromatic N) is 2. The number of likely N-dealkylation sites (tertiary alicyclic amines) is 1. The minimum atomic E-state index is -0.685. The summed E-state index contributed by atoms with van der Waals surface area (Å²) in [6, 6.07) is 1.53. The zero-order chi connectivity index (χ0) is 14.4. The number of hydrogen-bond donors (Lipinski definition) is 0. The van der Waals surface area contributed by atoms with Crippen molar-refractivity contribution in [1.29, 1.82) is 5.26 Å². The number of ether oxygens (including phenoxy) is 1. The van der Waals surface area contributed by atoms with Gasteiger partial charge in [0, 0.05) is 6.54 Å². The van der Waals surface area contributed by atoms with Crippen molar-refractivity contribution in [2.45, 2.75) is 46.1 Å². The zero-order valence-electron chi connectivity index (χ0n) is 11.9. The Balaban J connectivity index is 2.85. The van der Waals surface area contributed by atoms with Crippen molar-refractivity contribution >= 4 is 11.9 Å². The van der Waals surface area contributed by atoms with Crippen LogP contribution < -0.4 is 0 Å². The lowest BCUT2D eigenvalue weighted by Gasteiger charge is -2.35. The highest BCUT2D eigenvalue weighted by atomic mass is 16.5. The molecule has 0 bridgehead atoms. The van der Waals surface area contributed by atoms with Crippen molar-refractivity contribution in [2.24, 2.45) is 11.8 Å². The Labute approximate surface area is 114 Å². The third-order valence-corrected chi connectivity index (χ3v) is 3.42. The number of rotatable bonds is 4. The molecule has 0 N–H and O–H groups in total. The van der Waals surface area contributed by atoms with E-state index in [2.05, 4.69) is 0 Å². The summed E-state index contributed by atoms with van der Waals surface area (Å²) in [6.45, 7) is 6.28. The first-order valence-electron chi connectivity index (χ1n) is 6.89. The Bertz CT molecular complexity index is 373. The summed E-state index contributed by atoms with van der Waals surface area (Å²) in [5.74, 6) is -1.33. The molecule has 1 saturated heterocycles. The molecule has 0 aromatic carbocycles. The molecular formula is C14H22N2O3. The Morgan fingerprint density at radius 2 is 2.11 bits per heavy atom. The lowest BCUT2D eigenvalue weighted by Crippen LogP contribution is -2.51. The summed E-state index contributed by atoms with van der Waals surface area (Å²) in [5, 5.41) is 9.11. The number of esters is 1. The summed E-state index contributed by atoms with van der Waals surface area (Å²) in [4.78, 5) is 25.8. The SMILES string of the molecule is CCOC(=O)C1CCCCN1C(=O)C(C#N)C(C)C. The van der Waals surface area contributed by atoms with E-state index in [1.54, 1.807) is 6.92 Å². The molecule has 0 spiro atoms. The number of amides is 1. The van der Waals surface area contributed by atoms with E-state index in [1.807, 2.05) is 19.9 Å². The largest absolute Gasteiger partial charge is 0.464 e. The maximum Gasteiger partial charge on any atom is 0.328 e. The van der Waals surface area contributed by atoms with Gasteiger partial charge in [0.1, 0.15) is 12.0 Å². The average Bonchev–Trinajstić information content (AvgIpc) is 2.39. The van der Waals surface area contributed by atoms with Gasteiger partial charge in [0.25, 0.3) is 0 Å². The maximum absolute atomic E-state index is 12.4. The molecular weight excluding hydrogens is 244 g/mol. The van der Waals surface area contributed by atoms with Gasteiger partial charge in [0.15, 0.2) is 0 Å². The first-order valence-corrected chi connectivity index (χ1v) is 6.89. The van der Waals surface area contributed by atoms with E-state index in [9.17, 15) is 9.59 Å². The highest BCUT2D eigenvalue weighted by molar-refractivity contribution is 5.87. The van der Waals surface area contributed by atoms with Crippen LogP contribution in [0.4, 0.5) is 0 Å². The number of carbonyl (C=O) groups is 2. The molecule has 5 heteroatoms. The Hall–Kier alpha value is -1.57. The first kappa shape index (κ1) is 15.5. The molecule has 1 aliphatic heterocycles. The smallest absolute Gasteiger partial charge is 0.328 e. The predicted molar refractivity (Wildman–Crippen MR) is 69.9 cm³/mol. The highest BCUT2D eigenvalue weighted by Crippen LogP contribution is 2.23. The molecule has 2 atom stereocenters. The summed E-state index contributed by atoms with van der Waals surface area (Å²) >= 11 is 0. The minimum absolute atomic E-state index is 0.0535. The van der Waals surface area contributed by atoms with Crippen molar-refractivity contribution in [3.63, 3.8) is 0 Å². The van der Waals surface area contributed by atoms with Gasteiger partial charge in [-0.3, -0.25) is 4.79 Å². The molecule has 1 rings (SSSR count). The number of carbonyl (C=O) groups excluding carboxylic acids is 2. The zero-order valence-corrected chi connectivity index (χ0v) is 11.9. The molecule has 19 heavy (non-hydrogen) atoms. The van der Waals surface area contributed by atoms with Crippen molar-refractivity contribution in [3.8, 4) is 6.07 Å². The molecule has 0 radical (unpaired) electrons. The number of hydrogen-bond acceptors (Lipinski definition) is 4. The van der Waals surface area contributed by atoms with Crippen molar-refractivity contribution in [1.82, 2.24) is 4.90 Å². The lowest BCUT2D eigenvalue weighted by molar-refractivity contribution is -0.158. The quantitative estimate of drug-likeness (QED) is 0.726. The van der Waals surface area contributed by atoms with Crippen LogP contribution in [0.15, 0.2) is 0 Å². The van der Waals surface area contributed by atoms with Gasteiger partial charge >= 0.3 is 5.97 Å². The van der Waals surface area contributed by atoms with Gasteiger partial charge < -0.3 is 9.64 Å². The van der Waals surface area contributed by atoms with Crippen LogP contribution in [0.3, 0.4) is 0 Å². The van der Waals surface area contributed by atoms with Crippen molar-refractivity contribution in [2.75, 3.05) is 13.2 Å². The number of piperidine rings is 1. The van der Waals surface area contributed by atoms with Crippen LogP contribution in [0, 0.1) is 23.2 Å². The Kier molecular flexibility index (Phi) is 5.81. The van der Waals surface area contributed by atoms with E-state index < -0.39 is 12.0 Å². The van der Waals surface area contributed by atoms with Crippen LogP contribution in [0.25, 0.3) is 0 Å². The van der Waals surface area contributed by atoms with Crippen LogP contribution in [0.1, 0.15) is 40.0 Å². The summed E-state index contributed by atoms with van der Waals surface area (Å²) in [7, 11) is 0. The molecule has 5 nitrogen and oxygen atoms in total. The topological polar surface area (TPSA) is 70.4 Å². The fourth-order valence-corrected chi connectivity index (χ4v) is 2.35.